The molecule has 1 saturated heterocycles. The third kappa shape index (κ3) is 4.14. The average Bonchev–Trinajstić information content (AvgIpc) is 3.55. The van der Waals surface area contributed by atoms with E-state index < -0.39 is 29.3 Å². The normalized spacial score (nSPS) is 22.4. The molecule has 0 saturated carbocycles. The van der Waals surface area contributed by atoms with Crippen LogP contribution in [0.4, 0.5) is 5.69 Å². The maximum Gasteiger partial charge on any atom is 0.238 e. The number of rotatable bonds is 7. The van der Waals surface area contributed by atoms with E-state index in [0.29, 0.717) is 34.1 Å². The van der Waals surface area contributed by atoms with Gasteiger partial charge in [-0.15, -0.1) is 0 Å². The molecule has 7 rings (SSSR count). The molecule has 1 spiro atoms. The Morgan fingerprint density at radius 1 is 0.822 bits per heavy atom. The van der Waals surface area contributed by atoms with Crippen LogP contribution in [0.2, 0.25) is 0 Å². The van der Waals surface area contributed by atoms with Crippen molar-refractivity contribution in [2.75, 3.05) is 26.6 Å². The molecule has 45 heavy (non-hydrogen) atoms. The Morgan fingerprint density at radius 3 is 2.18 bits per heavy atom. The number of benzene rings is 4. The number of ketones is 2. The molecule has 0 aliphatic carbocycles. The van der Waals surface area contributed by atoms with Gasteiger partial charge in [-0.05, 0) is 53.1 Å². The summed E-state index contributed by atoms with van der Waals surface area (Å²) in [7, 11) is 4.47. The van der Waals surface area contributed by atoms with Crippen molar-refractivity contribution in [2.24, 2.45) is 5.92 Å². The fourth-order valence-corrected chi connectivity index (χ4v) is 7.62. The van der Waals surface area contributed by atoms with Crippen LogP contribution in [0, 0.1) is 5.92 Å². The first kappa shape index (κ1) is 28.9. The van der Waals surface area contributed by atoms with Crippen LogP contribution in [-0.2, 0) is 10.2 Å². The van der Waals surface area contributed by atoms with Crippen LogP contribution in [0.5, 0.6) is 17.2 Å². The number of methoxy groups -OCH3 is 3. The lowest BCUT2D eigenvalue weighted by molar-refractivity contribution is -0.122. The fourth-order valence-electron chi connectivity index (χ4n) is 7.35. The quantitative estimate of drug-likeness (QED) is 0.227. The fraction of sp³-hybridized carbons (Fsp3) is 0.194. The van der Waals surface area contributed by atoms with Crippen LogP contribution in [0.1, 0.15) is 43.4 Å². The second-order valence-corrected chi connectivity index (χ2v) is 12.2. The zero-order valence-corrected chi connectivity index (χ0v) is 26.3. The van der Waals surface area contributed by atoms with E-state index >= 15 is 4.79 Å². The number of hydrogen-bond acceptors (Lipinski definition) is 7. The van der Waals surface area contributed by atoms with Gasteiger partial charge in [0.15, 0.2) is 23.1 Å². The van der Waals surface area contributed by atoms with Gasteiger partial charge in [-0.2, -0.15) is 0 Å². The molecule has 3 aliphatic heterocycles. The van der Waals surface area contributed by atoms with E-state index in [1.54, 1.807) is 36.4 Å². The average molecular weight is 666 g/mol. The molecular weight excluding hydrogens is 636 g/mol. The zero-order chi connectivity index (χ0) is 31.5. The number of amides is 1. The number of carbonyl (C=O) groups excluding carboxylic acids is 3. The Kier molecular flexibility index (Phi) is 7.00. The smallest absolute Gasteiger partial charge is 0.238 e. The van der Waals surface area contributed by atoms with E-state index in [9.17, 15) is 9.59 Å². The van der Waals surface area contributed by atoms with Crippen LogP contribution in [0.3, 0.4) is 0 Å². The first-order valence-electron chi connectivity index (χ1n) is 14.4. The van der Waals surface area contributed by atoms with Gasteiger partial charge in [0.2, 0.25) is 11.7 Å². The highest BCUT2D eigenvalue weighted by Gasteiger charge is 2.71. The summed E-state index contributed by atoms with van der Waals surface area (Å²) >= 11 is 3.46. The molecule has 0 radical (unpaired) electrons. The topological polar surface area (TPSA) is 94.2 Å². The van der Waals surface area contributed by atoms with Gasteiger partial charge in [0, 0.05) is 27.5 Å². The molecule has 226 valence electrons. The number of hydrogen-bond donors (Lipinski definition) is 1. The van der Waals surface area contributed by atoms with E-state index in [1.807, 2.05) is 65.7 Å². The van der Waals surface area contributed by atoms with E-state index in [4.69, 9.17) is 14.2 Å². The van der Waals surface area contributed by atoms with Crippen molar-refractivity contribution in [3.63, 3.8) is 0 Å². The Balaban J connectivity index is 1.53. The number of fused-ring (bicyclic) bond motifs is 5. The molecule has 0 unspecified atom stereocenters. The van der Waals surface area contributed by atoms with E-state index in [0.717, 1.165) is 15.6 Å². The molecule has 9 heteroatoms. The standard InChI is InChI=1S/C36H29BrN2O6/c1-43-27-18-22(19-28(44-2)33(27)45-3)31(40)29-30-24-9-5-4-8-20(24)16-17-39(30)34(32(41)21-12-14-23(37)15-13-21)36(29)25-10-6-7-11-26(25)38-35(36)42/h4-19,29-30,34H,1-3H3,(H,38,42)/t29-,30-,34-,36-/m0/s1. The number of para-hydroxylation sites is 1. The van der Waals surface area contributed by atoms with Crippen molar-refractivity contribution in [1.82, 2.24) is 4.90 Å². The summed E-state index contributed by atoms with van der Waals surface area (Å²) in [5, 5.41) is 3.04. The highest BCUT2D eigenvalue weighted by molar-refractivity contribution is 9.10. The zero-order valence-electron chi connectivity index (χ0n) is 24.7. The number of ether oxygens (including phenoxy) is 3. The van der Waals surface area contributed by atoms with Crippen molar-refractivity contribution < 1.29 is 28.6 Å². The SMILES string of the molecule is COc1cc(C(=O)[C@@H]2[C@@H]3c4ccccc4C=CN3[C@@H](C(=O)c3ccc(Br)cc3)[C@@]23C(=O)Nc2ccccc23)cc(OC)c1OC. The molecule has 1 fully saturated rings. The number of nitrogens with one attached hydrogen (secondary N) is 1. The first-order chi connectivity index (χ1) is 21.8. The van der Waals surface area contributed by atoms with Gasteiger partial charge in [0.25, 0.3) is 0 Å². The van der Waals surface area contributed by atoms with Crippen molar-refractivity contribution in [3.05, 3.63) is 123 Å². The maximum absolute atomic E-state index is 15.2. The Bertz CT molecular complexity index is 1880. The van der Waals surface area contributed by atoms with Crippen molar-refractivity contribution in [3.8, 4) is 17.2 Å². The molecule has 4 atom stereocenters. The number of halogens is 1. The molecule has 4 aromatic rings. The number of nitrogens with zero attached hydrogens (tertiary/aromatic N) is 1. The van der Waals surface area contributed by atoms with E-state index in [1.165, 1.54) is 21.3 Å². The summed E-state index contributed by atoms with van der Waals surface area (Å²) in [6, 6.07) is 23.7. The molecule has 1 amide bonds. The summed E-state index contributed by atoms with van der Waals surface area (Å²) in [4.78, 5) is 46.6. The summed E-state index contributed by atoms with van der Waals surface area (Å²) in [5.74, 6) is -1.03. The van der Waals surface area contributed by atoms with Crippen molar-refractivity contribution in [1.29, 1.82) is 0 Å². The Morgan fingerprint density at radius 2 is 1.49 bits per heavy atom. The van der Waals surface area contributed by atoms with Crippen LogP contribution in [0.25, 0.3) is 6.08 Å². The van der Waals surface area contributed by atoms with Gasteiger partial charge < -0.3 is 24.4 Å². The highest BCUT2D eigenvalue weighted by Crippen LogP contribution is 2.61. The predicted octanol–water partition coefficient (Wildman–Crippen LogP) is 6.46. The summed E-state index contributed by atoms with van der Waals surface area (Å²) in [5.41, 5.74) is 2.09. The molecule has 8 nitrogen and oxygen atoms in total. The van der Waals surface area contributed by atoms with Crippen LogP contribution >= 0.6 is 15.9 Å². The highest BCUT2D eigenvalue weighted by atomic mass is 79.9. The van der Waals surface area contributed by atoms with Crippen molar-refractivity contribution >= 4 is 45.2 Å². The van der Waals surface area contributed by atoms with E-state index in [-0.39, 0.29) is 17.1 Å². The van der Waals surface area contributed by atoms with Crippen molar-refractivity contribution in [2.45, 2.75) is 17.5 Å². The Hall–Kier alpha value is -4.89. The predicted molar refractivity (Wildman–Crippen MR) is 173 cm³/mol. The lowest BCUT2D eigenvalue weighted by Gasteiger charge is -2.35. The minimum absolute atomic E-state index is 0.261. The van der Waals surface area contributed by atoms with Gasteiger partial charge in [-0.1, -0.05) is 70.5 Å². The first-order valence-corrected chi connectivity index (χ1v) is 15.2. The number of anilines is 1. The van der Waals surface area contributed by atoms with Crippen LogP contribution in [-0.4, -0.2) is 49.7 Å². The molecule has 1 N–H and O–H groups in total. The van der Waals surface area contributed by atoms with Gasteiger partial charge in [-0.3, -0.25) is 14.4 Å². The van der Waals surface area contributed by atoms with Gasteiger partial charge in [0.05, 0.1) is 33.3 Å². The van der Waals surface area contributed by atoms with E-state index in [2.05, 4.69) is 21.2 Å². The lowest BCUT2D eigenvalue weighted by atomic mass is 9.63. The largest absolute Gasteiger partial charge is 0.493 e. The van der Waals surface area contributed by atoms with Gasteiger partial charge >= 0.3 is 0 Å². The summed E-state index contributed by atoms with van der Waals surface area (Å²) in [6.45, 7) is 0. The molecular formula is C36H29BrN2O6. The molecule has 3 aliphatic rings. The van der Waals surface area contributed by atoms with Gasteiger partial charge in [0.1, 0.15) is 11.5 Å². The number of Topliss-reactive ketones (excluding diaryl/α,β-unsaturated/α-hetero) is 2. The summed E-state index contributed by atoms with van der Waals surface area (Å²) in [6.07, 6.45) is 3.79. The second-order valence-electron chi connectivity index (χ2n) is 11.2. The lowest BCUT2D eigenvalue weighted by Crippen LogP contribution is -2.54. The second kappa shape index (κ2) is 10.9. The Labute approximate surface area is 268 Å². The summed E-state index contributed by atoms with van der Waals surface area (Å²) < 4.78 is 17.5. The molecule has 3 heterocycles. The van der Waals surface area contributed by atoms with Crippen LogP contribution in [0.15, 0.2) is 95.6 Å². The minimum Gasteiger partial charge on any atom is -0.493 e. The number of carbonyl (C=O) groups is 3. The third-order valence-corrected chi connectivity index (χ3v) is 9.73. The molecule has 0 bridgehead atoms. The van der Waals surface area contributed by atoms with Crippen LogP contribution < -0.4 is 19.5 Å². The third-order valence-electron chi connectivity index (χ3n) is 9.20. The molecule has 0 aromatic heterocycles. The van der Waals surface area contributed by atoms with Gasteiger partial charge in [-0.25, -0.2) is 0 Å². The monoisotopic (exact) mass is 664 g/mol. The molecule has 4 aromatic carbocycles. The maximum atomic E-state index is 15.2. The minimum atomic E-state index is -1.58.